The van der Waals surface area contributed by atoms with E-state index in [1.807, 2.05) is 42.5 Å². The molecule has 0 spiro atoms. The van der Waals surface area contributed by atoms with Gasteiger partial charge in [0.25, 0.3) is 0 Å². The highest BCUT2D eigenvalue weighted by Gasteiger charge is 2.23. The molecule has 0 bridgehead atoms. The topological polar surface area (TPSA) is 66.5 Å². The van der Waals surface area contributed by atoms with Gasteiger partial charge in [0.05, 0.1) is 12.1 Å². The van der Waals surface area contributed by atoms with E-state index >= 15 is 0 Å². The van der Waals surface area contributed by atoms with E-state index in [2.05, 4.69) is 47.8 Å². The van der Waals surface area contributed by atoms with E-state index in [9.17, 15) is 4.79 Å². The lowest BCUT2D eigenvalue weighted by Crippen LogP contribution is -2.41. The summed E-state index contributed by atoms with van der Waals surface area (Å²) in [6, 6.07) is 20.8. The second kappa shape index (κ2) is 10.5. The molecule has 3 aromatic rings. The molecule has 0 atom stereocenters. The maximum Gasteiger partial charge on any atom is 0.246 e. The van der Waals surface area contributed by atoms with Gasteiger partial charge in [-0.2, -0.15) is 0 Å². The Hall–Kier alpha value is -3.12. The smallest absolute Gasteiger partial charge is 0.246 e. The monoisotopic (exact) mass is 432 g/mol. The first-order chi connectivity index (χ1) is 15.6. The minimum absolute atomic E-state index is 0.0378. The van der Waals surface area contributed by atoms with E-state index in [1.165, 1.54) is 0 Å². The lowest BCUT2D eigenvalue weighted by Gasteiger charge is -2.30. The van der Waals surface area contributed by atoms with E-state index in [0.717, 1.165) is 53.7 Å². The van der Waals surface area contributed by atoms with Crippen LogP contribution in [0.15, 0.2) is 60.7 Å². The van der Waals surface area contributed by atoms with Crippen molar-refractivity contribution >= 4 is 28.3 Å². The molecule has 0 saturated heterocycles. The van der Waals surface area contributed by atoms with Gasteiger partial charge in [0.2, 0.25) is 5.91 Å². The largest absolute Gasteiger partial charge is 0.377 e. The molecule has 1 saturated carbocycles. The molecule has 4 rings (SSSR count). The van der Waals surface area contributed by atoms with Gasteiger partial charge in [-0.1, -0.05) is 48.5 Å². The number of anilines is 2. The zero-order valence-corrected chi connectivity index (χ0v) is 18.9. The summed E-state index contributed by atoms with van der Waals surface area (Å²) in [6.07, 6.45) is 3.91. The third-order valence-corrected chi connectivity index (χ3v) is 5.97. The van der Waals surface area contributed by atoms with Crippen LogP contribution in [0.3, 0.4) is 0 Å². The van der Waals surface area contributed by atoms with E-state index in [0.29, 0.717) is 12.6 Å². The van der Waals surface area contributed by atoms with Crippen LogP contribution in [-0.4, -0.2) is 43.7 Å². The molecule has 0 radical (unpaired) electrons. The van der Waals surface area contributed by atoms with Gasteiger partial charge >= 0.3 is 0 Å². The predicted octanol–water partition coefficient (Wildman–Crippen LogP) is 4.36. The molecule has 168 valence electrons. The summed E-state index contributed by atoms with van der Waals surface area (Å²) in [5.74, 6) is 0.873. The molecule has 1 heterocycles. The summed E-state index contributed by atoms with van der Waals surface area (Å²) in [5, 5.41) is 7.90. The lowest BCUT2D eigenvalue weighted by atomic mass is 9.91. The quantitative estimate of drug-likeness (QED) is 0.554. The van der Waals surface area contributed by atoms with Crippen LogP contribution >= 0.6 is 0 Å². The van der Waals surface area contributed by atoms with Gasteiger partial charge in [-0.05, 0) is 37.3 Å². The summed E-state index contributed by atoms with van der Waals surface area (Å²) in [6.45, 7) is 0.556. The molecule has 6 nitrogen and oxygen atoms in total. The van der Waals surface area contributed by atoms with Gasteiger partial charge in [0.1, 0.15) is 12.4 Å². The zero-order chi connectivity index (χ0) is 22.3. The number of hydrogen-bond donors (Lipinski definition) is 2. The highest BCUT2D eigenvalue weighted by Crippen LogP contribution is 2.29. The number of benzene rings is 2. The van der Waals surface area contributed by atoms with Crippen LogP contribution in [0.5, 0.6) is 0 Å². The first kappa shape index (κ1) is 22.1. The Bertz CT molecular complexity index is 1030. The molecular weight excluding hydrogens is 400 g/mol. The average Bonchev–Trinajstić information content (AvgIpc) is 2.80. The highest BCUT2D eigenvalue weighted by molar-refractivity contribution is 5.93. The second-order valence-corrected chi connectivity index (χ2v) is 8.68. The first-order valence-corrected chi connectivity index (χ1v) is 11.3. The molecule has 6 heteroatoms. The van der Waals surface area contributed by atoms with Crippen LogP contribution in [0.25, 0.3) is 10.9 Å². The maximum atomic E-state index is 12.2. The number of aromatic nitrogens is 1. The number of rotatable bonds is 8. The number of para-hydroxylation sites is 1. The van der Waals surface area contributed by atoms with Crippen LogP contribution in [0.1, 0.15) is 31.2 Å². The summed E-state index contributed by atoms with van der Waals surface area (Å²) in [5.41, 5.74) is 3.24. The van der Waals surface area contributed by atoms with Gasteiger partial charge < -0.3 is 20.3 Å². The molecule has 2 N–H and O–H groups in total. The summed E-state index contributed by atoms with van der Waals surface area (Å²) in [4.78, 5) is 19.2. The normalized spacial score (nSPS) is 18.3. The van der Waals surface area contributed by atoms with Crippen molar-refractivity contribution in [2.24, 2.45) is 0 Å². The Kier molecular flexibility index (Phi) is 7.22. The number of ether oxygens (including phenoxy) is 1. The van der Waals surface area contributed by atoms with Crippen molar-refractivity contribution in [2.75, 3.05) is 30.9 Å². The SMILES string of the molecule is CN(C)c1cc(NC2CCC(NC(=O)COCc3ccccc3)CC2)nc2ccccc12. The number of carbonyl (C=O) groups excluding carboxylic acids is 1. The van der Waals surface area contributed by atoms with Crippen molar-refractivity contribution in [3.05, 3.63) is 66.2 Å². The molecule has 32 heavy (non-hydrogen) atoms. The average molecular weight is 433 g/mol. The fourth-order valence-electron chi connectivity index (χ4n) is 4.30. The number of amides is 1. The van der Waals surface area contributed by atoms with E-state index in [4.69, 9.17) is 9.72 Å². The molecule has 1 aliphatic carbocycles. The number of fused-ring (bicyclic) bond motifs is 1. The molecule has 1 fully saturated rings. The van der Waals surface area contributed by atoms with Crippen molar-refractivity contribution < 1.29 is 9.53 Å². The second-order valence-electron chi connectivity index (χ2n) is 8.68. The van der Waals surface area contributed by atoms with Crippen LogP contribution in [0.2, 0.25) is 0 Å². The van der Waals surface area contributed by atoms with Gasteiger partial charge in [0, 0.05) is 43.3 Å². The number of nitrogens with one attached hydrogen (secondary N) is 2. The lowest BCUT2D eigenvalue weighted by molar-refractivity contribution is -0.127. The van der Waals surface area contributed by atoms with Gasteiger partial charge in [0.15, 0.2) is 0 Å². The first-order valence-electron chi connectivity index (χ1n) is 11.3. The van der Waals surface area contributed by atoms with Crippen LogP contribution in [0.4, 0.5) is 11.5 Å². The van der Waals surface area contributed by atoms with Gasteiger partial charge in [-0.3, -0.25) is 4.79 Å². The van der Waals surface area contributed by atoms with Gasteiger partial charge in [-0.25, -0.2) is 4.98 Å². The minimum atomic E-state index is -0.0378. The molecule has 2 aromatic carbocycles. The summed E-state index contributed by atoms with van der Waals surface area (Å²) >= 11 is 0. The Morgan fingerprint density at radius 2 is 1.69 bits per heavy atom. The van der Waals surface area contributed by atoms with Crippen LogP contribution in [-0.2, 0) is 16.1 Å². The fraction of sp³-hybridized carbons (Fsp3) is 0.385. The van der Waals surface area contributed by atoms with E-state index in [-0.39, 0.29) is 18.6 Å². The molecular formula is C26H32N4O2. The summed E-state index contributed by atoms with van der Waals surface area (Å²) in [7, 11) is 4.12. The standard InChI is InChI=1S/C26H32N4O2/c1-30(2)24-16-25(29-23-11-7-6-10-22(23)24)27-20-12-14-21(15-13-20)28-26(31)18-32-17-19-8-4-3-5-9-19/h3-11,16,20-21H,12-15,17-18H2,1-2H3,(H,27,29)(H,28,31). The zero-order valence-electron chi connectivity index (χ0n) is 18.9. The third kappa shape index (κ3) is 5.77. The fourth-order valence-corrected chi connectivity index (χ4v) is 4.30. The highest BCUT2D eigenvalue weighted by atomic mass is 16.5. The van der Waals surface area contributed by atoms with E-state index < -0.39 is 0 Å². The van der Waals surface area contributed by atoms with E-state index in [1.54, 1.807) is 0 Å². The minimum Gasteiger partial charge on any atom is -0.377 e. The Labute approximate surface area is 190 Å². The van der Waals surface area contributed by atoms with Gasteiger partial charge in [-0.15, -0.1) is 0 Å². The molecule has 1 aromatic heterocycles. The third-order valence-electron chi connectivity index (χ3n) is 5.97. The predicted molar refractivity (Wildman–Crippen MR) is 130 cm³/mol. The van der Waals surface area contributed by atoms with Crippen LogP contribution < -0.4 is 15.5 Å². The Morgan fingerprint density at radius 3 is 2.44 bits per heavy atom. The van der Waals surface area contributed by atoms with Crippen molar-refractivity contribution in [3.63, 3.8) is 0 Å². The number of hydrogen-bond acceptors (Lipinski definition) is 5. The van der Waals surface area contributed by atoms with Crippen molar-refractivity contribution in [2.45, 2.75) is 44.4 Å². The Balaban J connectivity index is 1.25. The number of nitrogens with zero attached hydrogens (tertiary/aromatic N) is 2. The maximum absolute atomic E-state index is 12.2. The molecule has 0 aliphatic heterocycles. The molecule has 0 unspecified atom stereocenters. The molecule has 1 aliphatic rings. The van der Waals surface area contributed by atoms with Crippen molar-refractivity contribution in [3.8, 4) is 0 Å². The molecule has 1 amide bonds. The van der Waals surface area contributed by atoms with Crippen LogP contribution in [0, 0.1) is 0 Å². The number of carbonyl (C=O) groups is 1. The Morgan fingerprint density at radius 1 is 1.00 bits per heavy atom. The van der Waals surface area contributed by atoms with Crippen molar-refractivity contribution in [1.29, 1.82) is 0 Å². The van der Waals surface area contributed by atoms with Crippen molar-refractivity contribution in [1.82, 2.24) is 10.3 Å². The summed E-state index contributed by atoms with van der Waals surface area (Å²) < 4.78 is 5.55. The number of pyridine rings is 1.